The minimum absolute atomic E-state index is 0.222. The highest BCUT2D eigenvalue weighted by Crippen LogP contribution is 2.38. The molecular formula is C31H31N5O2. The Hall–Kier alpha value is -4.65. The zero-order chi connectivity index (χ0) is 27.0. The minimum Gasteiger partial charge on any atom is -0.343 e. The summed E-state index contributed by atoms with van der Waals surface area (Å²) in [6.07, 6.45) is 1.55. The van der Waals surface area contributed by atoms with Crippen LogP contribution in [0.4, 0.5) is 17.2 Å². The number of aromatic nitrogens is 2. The molecule has 2 heterocycles. The first-order valence-electron chi connectivity index (χ1n) is 12.6. The molecule has 0 bridgehead atoms. The molecule has 0 unspecified atom stereocenters. The van der Waals surface area contributed by atoms with E-state index in [0.29, 0.717) is 28.3 Å². The second-order valence-corrected chi connectivity index (χ2v) is 9.93. The Balaban J connectivity index is 1.55. The molecule has 1 aliphatic rings. The Labute approximate surface area is 222 Å². The van der Waals surface area contributed by atoms with Gasteiger partial charge < -0.3 is 16.0 Å². The van der Waals surface area contributed by atoms with Crippen molar-refractivity contribution in [1.82, 2.24) is 9.78 Å². The molecule has 2 amide bonds. The molecule has 1 aliphatic heterocycles. The summed E-state index contributed by atoms with van der Waals surface area (Å²) in [5, 5.41) is 14.0. The Morgan fingerprint density at radius 1 is 0.816 bits per heavy atom. The largest absolute Gasteiger partial charge is 0.343 e. The van der Waals surface area contributed by atoms with Crippen LogP contribution in [0.15, 0.2) is 84.2 Å². The van der Waals surface area contributed by atoms with Crippen LogP contribution in [0.25, 0.3) is 0 Å². The van der Waals surface area contributed by atoms with Crippen LogP contribution in [0.1, 0.15) is 51.1 Å². The number of amides is 2. The summed E-state index contributed by atoms with van der Waals surface area (Å²) < 4.78 is 1.73. The van der Waals surface area contributed by atoms with Crippen LogP contribution in [0.5, 0.6) is 0 Å². The predicted octanol–water partition coefficient (Wildman–Crippen LogP) is 6.30. The van der Waals surface area contributed by atoms with Crippen molar-refractivity contribution in [3.8, 4) is 0 Å². The molecule has 0 aliphatic carbocycles. The molecule has 5 rings (SSSR count). The fourth-order valence-electron chi connectivity index (χ4n) is 4.93. The van der Waals surface area contributed by atoms with Gasteiger partial charge in [-0.2, -0.15) is 5.10 Å². The van der Waals surface area contributed by atoms with Gasteiger partial charge in [0.25, 0.3) is 11.8 Å². The van der Waals surface area contributed by atoms with Crippen LogP contribution in [-0.2, 0) is 4.79 Å². The third-order valence-corrected chi connectivity index (χ3v) is 6.78. The molecule has 0 spiro atoms. The third kappa shape index (κ3) is 4.83. The first-order valence-corrected chi connectivity index (χ1v) is 12.6. The minimum atomic E-state index is -0.516. The van der Waals surface area contributed by atoms with Crippen molar-refractivity contribution < 1.29 is 9.59 Å². The van der Waals surface area contributed by atoms with Gasteiger partial charge in [0.05, 0.1) is 11.8 Å². The number of nitrogens with zero attached hydrogens (tertiary/aromatic N) is 2. The van der Waals surface area contributed by atoms with Gasteiger partial charge in [0.2, 0.25) is 0 Å². The second kappa shape index (κ2) is 10.0. The number of allylic oxidation sites excluding steroid dienone is 1. The highest BCUT2D eigenvalue weighted by atomic mass is 16.2. The number of carbonyl (C=O) groups excluding carboxylic acids is 2. The number of hydrogen-bond acceptors (Lipinski definition) is 4. The van der Waals surface area contributed by atoms with Crippen LogP contribution < -0.4 is 16.0 Å². The fraction of sp³-hybridized carbons (Fsp3) is 0.194. The van der Waals surface area contributed by atoms with Crippen LogP contribution in [0, 0.1) is 27.7 Å². The average molecular weight is 506 g/mol. The number of nitrogens with one attached hydrogen (secondary N) is 3. The number of hydrogen-bond donors (Lipinski definition) is 3. The maximum absolute atomic E-state index is 13.8. The van der Waals surface area contributed by atoms with Crippen LogP contribution in [0.2, 0.25) is 0 Å². The quantitative estimate of drug-likeness (QED) is 0.297. The summed E-state index contributed by atoms with van der Waals surface area (Å²) >= 11 is 0. The van der Waals surface area contributed by atoms with E-state index in [9.17, 15) is 9.59 Å². The summed E-state index contributed by atoms with van der Waals surface area (Å²) in [7, 11) is 0. The number of fused-ring (bicyclic) bond motifs is 1. The number of benzene rings is 3. The first-order chi connectivity index (χ1) is 18.2. The second-order valence-electron chi connectivity index (χ2n) is 9.93. The molecule has 192 valence electrons. The van der Waals surface area contributed by atoms with E-state index in [4.69, 9.17) is 0 Å². The van der Waals surface area contributed by atoms with E-state index in [1.54, 1.807) is 10.9 Å². The van der Waals surface area contributed by atoms with Crippen molar-refractivity contribution in [2.24, 2.45) is 0 Å². The van der Waals surface area contributed by atoms with Crippen LogP contribution >= 0.6 is 0 Å². The topological polar surface area (TPSA) is 88.0 Å². The van der Waals surface area contributed by atoms with E-state index in [1.165, 1.54) is 0 Å². The van der Waals surface area contributed by atoms with Gasteiger partial charge in [0, 0.05) is 17.1 Å². The zero-order valence-electron chi connectivity index (χ0n) is 22.2. The molecule has 0 saturated carbocycles. The summed E-state index contributed by atoms with van der Waals surface area (Å²) in [4.78, 5) is 27.1. The normalized spacial score (nSPS) is 14.5. The standard InChI is InChI=1S/C31H31N5O2/c1-18-8-6-10-23(15-18)28-27(31(38)35-26-13-12-20(3)14-21(26)4)22(5)33-29-25(17-32-36(28)29)30(37)34-24-11-7-9-19(2)16-24/h6-17,28,33H,1-5H3,(H,34,37)(H,35,38)/t28-/m1/s1. The molecule has 1 atom stereocenters. The molecule has 0 fully saturated rings. The van der Waals surface area contributed by atoms with E-state index >= 15 is 0 Å². The Morgan fingerprint density at radius 2 is 1.53 bits per heavy atom. The van der Waals surface area contributed by atoms with Crippen molar-refractivity contribution in [3.05, 3.63) is 118 Å². The van der Waals surface area contributed by atoms with E-state index < -0.39 is 6.04 Å². The molecule has 0 radical (unpaired) electrons. The lowest BCUT2D eigenvalue weighted by molar-refractivity contribution is -0.113. The Morgan fingerprint density at radius 3 is 2.24 bits per heavy atom. The van der Waals surface area contributed by atoms with Gasteiger partial charge in [-0.05, 0) is 69.5 Å². The van der Waals surface area contributed by atoms with Gasteiger partial charge in [0.1, 0.15) is 17.4 Å². The average Bonchev–Trinajstić information content (AvgIpc) is 3.28. The van der Waals surface area contributed by atoms with Gasteiger partial charge >= 0.3 is 0 Å². The van der Waals surface area contributed by atoms with Crippen molar-refractivity contribution in [1.29, 1.82) is 0 Å². The molecule has 4 aromatic rings. The van der Waals surface area contributed by atoms with Gasteiger partial charge in [0.15, 0.2) is 0 Å². The lowest BCUT2D eigenvalue weighted by atomic mass is 9.93. The van der Waals surface area contributed by atoms with Crippen molar-refractivity contribution >= 4 is 29.0 Å². The first kappa shape index (κ1) is 25.0. The van der Waals surface area contributed by atoms with Crippen molar-refractivity contribution in [2.45, 2.75) is 40.7 Å². The third-order valence-electron chi connectivity index (χ3n) is 6.78. The lowest BCUT2D eigenvalue weighted by Crippen LogP contribution is -2.32. The van der Waals surface area contributed by atoms with Gasteiger partial charge in [-0.1, -0.05) is 59.7 Å². The molecule has 7 heteroatoms. The molecule has 7 nitrogen and oxygen atoms in total. The van der Waals surface area contributed by atoms with E-state index in [1.807, 2.05) is 101 Å². The zero-order valence-corrected chi connectivity index (χ0v) is 22.2. The summed E-state index contributed by atoms with van der Waals surface area (Å²) in [5.41, 5.74) is 8.22. The lowest BCUT2D eigenvalue weighted by Gasteiger charge is -2.30. The maximum atomic E-state index is 13.8. The molecule has 3 N–H and O–H groups in total. The SMILES string of the molecule is CC1=C(C(=O)Nc2ccc(C)cc2C)[C@@H](c2cccc(C)c2)n2ncc(C(=O)Nc3cccc(C)c3)c2N1. The van der Waals surface area contributed by atoms with Crippen LogP contribution in [0.3, 0.4) is 0 Å². The number of aryl methyl sites for hydroxylation is 4. The van der Waals surface area contributed by atoms with Gasteiger partial charge in [-0.25, -0.2) is 4.68 Å². The Kier molecular flexibility index (Phi) is 6.59. The summed E-state index contributed by atoms with van der Waals surface area (Å²) in [6.45, 7) is 9.85. The van der Waals surface area contributed by atoms with E-state index in [2.05, 4.69) is 21.0 Å². The molecule has 38 heavy (non-hydrogen) atoms. The van der Waals surface area contributed by atoms with Gasteiger partial charge in [-0.3, -0.25) is 9.59 Å². The van der Waals surface area contributed by atoms with Crippen molar-refractivity contribution in [3.63, 3.8) is 0 Å². The predicted molar refractivity (Wildman–Crippen MR) is 152 cm³/mol. The molecule has 3 aromatic carbocycles. The van der Waals surface area contributed by atoms with Gasteiger partial charge in [-0.15, -0.1) is 0 Å². The smallest absolute Gasteiger partial charge is 0.261 e. The summed E-state index contributed by atoms with van der Waals surface area (Å²) in [6, 6.07) is 21.1. The highest BCUT2D eigenvalue weighted by Gasteiger charge is 2.35. The fourth-order valence-corrected chi connectivity index (χ4v) is 4.93. The maximum Gasteiger partial charge on any atom is 0.261 e. The highest BCUT2D eigenvalue weighted by molar-refractivity contribution is 6.09. The number of anilines is 3. The van der Waals surface area contributed by atoms with E-state index in [-0.39, 0.29) is 11.8 Å². The van der Waals surface area contributed by atoms with Crippen LogP contribution in [-0.4, -0.2) is 21.6 Å². The number of carbonyl (C=O) groups is 2. The molecule has 0 saturated heterocycles. The Bertz CT molecular complexity index is 1600. The molecular weight excluding hydrogens is 474 g/mol. The monoisotopic (exact) mass is 505 g/mol. The summed E-state index contributed by atoms with van der Waals surface area (Å²) in [5.74, 6) is 0.0471. The van der Waals surface area contributed by atoms with Crippen molar-refractivity contribution in [2.75, 3.05) is 16.0 Å². The number of rotatable bonds is 5. The molecule has 1 aromatic heterocycles. The van der Waals surface area contributed by atoms with E-state index in [0.717, 1.165) is 33.5 Å².